The molecule has 1 aromatic heterocycles. The number of nitrogens with one attached hydrogen (secondary N) is 1. The molecule has 3 rings (SSSR count). The monoisotopic (exact) mass is 393 g/mol. The maximum atomic E-state index is 5.88. The van der Waals surface area contributed by atoms with Crippen LogP contribution in [0.25, 0.3) is 0 Å². The van der Waals surface area contributed by atoms with Gasteiger partial charge >= 0.3 is 0 Å². The van der Waals surface area contributed by atoms with Gasteiger partial charge < -0.3 is 19.2 Å². The van der Waals surface area contributed by atoms with Crippen LogP contribution in [0.1, 0.15) is 50.0 Å². The molecular formula is C25H31NO3. The van der Waals surface area contributed by atoms with Crippen molar-refractivity contribution in [2.75, 3.05) is 13.7 Å². The van der Waals surface area contributed by atoms with Crippen LogP contribution in [0.2, 0.25) is 0 Å². The van der Waals surface area contributed by atoms with E-state index >= 15 is 0 Å². The minimum atomic E-state index is -0.181. The Morgan fingerprint density at radius 2 is 1.72 bits per heavy atom. The average Bonchev–Trinajstić information content (AvgIpc) is 3.22. The Morgan fingerprint density at radius 1 is 0.966 bits per heavy atom. The third-order valence-corrected chi connectivity index (χ3v) is 4.69. The third-order valence-electron chi connectivity index (χ3n) is 4.69. The molecule has 0 fully saturated rings. The molecule has 154 valence electrons. The van der Waals surface area contributed by atoms with Crippen molar-refractivity contribution in [3.8, 4) is 11.5 Å². The topological polar surface area (TPSA) is 43.6 Å². The summed E-state index contributed by atoms with van der Waals surface area (Å²) in [6.07, 6.45) is 2.64. The second-order valence-electron chi connectivity index (χ2n) is 8.13. The molecule has 0 spiro atoms. The highest BCUT2D eigenvalue weighted by atomic mass is 16.5. The van der Waals surface area contributed by atoms with Crippen molar-refractivity contribution in [2.24, 2.45) is 0 Å². The summed E-state index contributed by atoms with van der Waals surface area (Å²) in [6, 6.07) is 20.4. The van der Waals surface area contributed by atoms with Gasteiger partial charge in [0.05, 0.1) is 13.4 Å². The van der Waals surface area contributed by atoms with Crippen molar-refractivity contribution in [1.82, 2.24) is 5.32 Å². The van der Waals surface area contributed by atoms with Crippen molar-refractivity contribution in [2.45, 2.75) is 45.3 Å². The van der Waals surface area contributed by atoms with Crippen LogP contribution < -0.4 is 14.8 Å². The molecule has 0 amide bonds. The lowest BCUT2D eigenvalue weighted by Gasteiger charge is -2.21. The van der Waals surface area contributed by atoms with E-state index in [1.165, 1.54) is 5.56 Å². The van der Waals surface area contributed by atoms with E-state index in [0.717, 1.165) is 42.3 Å². The number of hydrogen-bond acceptors (Lipinski definition) is 4. The first-order chi connectivity index (χ1) is 14.0. The van der Waals surface area contributed by atoms with Crippen molar-refractivity contribution in [1.29, 1.82) is 0 Å². The first-order valence-electron chi connectivity index (χ1n) is 10.1. The molecule has 29 heavy (non-hydrogen) atoms. The number of benzene rings is 2. The minimum absolute atomic E-state index is 0.149. The first kappa shape index (κ1) is 21.0. The van der Waals surface area contributed by atoms with Crippen molar-refractivity contribution < 1.29 is 13.9 Å². The maximum Gasteiger partial charge on any atom is 0.122 e. The highest BCUT2D eigenvalue weighted by Gasteiger charge is 2.20. The molecule has 0 saturated carbocycles. The summed E-state index contributed by atoms with van der Waals surface area (Å²) < 4.78 is 17.2. The van der Waals surface area contributed by atoms with E-state index in [1.54, 1.807) is 13.4 Å². The van der Waals surface area contributed by atoms with E-state index in [0.29, 0.717) is 0 Å². The lowest BCUT2D eigenvalue weighted by atomic mass is 9.92. The number of rotatable bonds is 9. The minimum Gasteiger partial charge on any atom is -0.496 e. The lowest BCUT2D eigenvalue weighted by molar-refractivity contribution is 0.131. The second-order valence-corrected chi connectivity index (χ2v) is 8.13. The van der Waals surface area contributed by atoms with Crippen LogP contribution in [0.3, 0.4) is 0 Å². The number of para-hydroxylation sites is 1. The SMILES string of the molecule is COc1ccccc1[C@@H](CCNCc1ccc(OC(C)(C)C)cc1)c1ccco1. The van der Waals surface area contributed by atoms with Crippen molar-refractivity contribution in [3.63, 3.8) is 0 Å². The van der Waals surface area contributed by atoms with Gasteiger partial charge in [0.2, 0.25) is 0 Å². The molecule has 1 N–H and O–H groups in total. The van der Waals surface area contributed by atoms with Gasteiger partial charge in [0, 0.05) is 18.0 Å². The normalized spacial score (nSPS) is 12.6. The molecule has 0 saturated heterocycles. The summed E-state index contributed by atoms with van der Waals surface area (Å²) in [4.78, 5) is 0. The molecule has 4 heteroatoms. The molecule has 0 aliphatic carbocycles. The Kier molecular flexibility index (Phi) is 6.99. The van der Waals surface area contributed by atoms with Crippen LogP contribution in [-0.4, -0.2) is 19.3 Å². The second kappa shape index (κ2) is 9.66. The molecule has 1 heterocycles. The molecule has 0 aliphatic heterocycles. The molecule has 0 unspecified atom stereocenters. The van der Waals surface area contributed by atoms with Gasteiger partial charge in [-0.2, -0.15) is 0 Å². The summed E-state index contributed by atoms with van der Waals surface area (Å²) in [5.41, 5.74) is 2.20. The van der Waals surface area contributed by atoms with Crippen molar-refractivity contribution >= 4 is 0 Å². The number of hydrogen-bond donors (Lipinski definition) is 1. The molecule has 3 aromatic rings. The molecule has 2 aromatic carbocycles. The summed E-state index contributed by atoms with van der Waals surface area (Å²) in [7, 11) is 1.71. The Balaban J connectivity index is 1.58. The fourth-order valence-corrected chi connectivity index (χ4v) is 3.40. The van der Waals surface area contributed by atoms with Crippen LogP contribution in [-0.2, 0) is 6.54 Å². The number of methoxy groups -OCH3 is 1. The summed E-state index contributed by atoms with van der Waals surface area (Å²) >= 11 is 0. The number of ether oxygens (including phenoxy) is 2. The largest absolute Gasteiger partial charge is 0.496 e. The van der Waals surface area contributed by atoms with E-state index in [4.69, 9.17) is 13.9 Å². The Labute approximate surface area is 173 Å². The van der Waals surface area contributed by atoms with Gasteiger partial charge in [0.1, 0.15) is 22.9 Å². The summed E-state index contributed by atoms with van der Waals surface area (Å²) in [5.74, 6) is 2.90. The van der Waals surface area contributed by atoms with Gasteiger partial charge in [-0.05, 0) is 69.6 Å². The van der Waals surface area contributed by atoms with E-state index in [-0.39, 0.29) is 11.5 Å². The van der Waals surface area contributed by atoms with Crippen LogP contribution >= 0.6 is 0 Å². The van der Waals surface area contributed by atoms with Crippen LogP contribution in [0.15, 0.2) is 71.3 Å². The Bertz CT molecular complexity index is 864. The Hall–Kier alpha value is -2.72. The fraction of sp³-hybridized carbons (Fsp3) is 0.360. The zero-order chi connectivity index (χ0) is 20.7. The van der Waals surface area contributed by atoms with E-state index < -0.39 is 0 Å². The van der Waals surface area contributed by atoms with E-state index in [9.17, 15) is 0 Å². The van der Waals surface area contributed by atoms with Crippen LogP contribution in [0, 0.1) is 0 Å². The highest BCUT2D eigenvalue weighted by molar-refractivity contribution is 5.40. The van der Waals surface area contributed by atoms with Crippen LogP contribution in [0.5, 0.6) is 11.5 Å². The van der Waals surface area contributed by atoms with Gasteiger partial charge in [-0.3, -0.25) is 0 Å². The van der Waals surface area contributed by atoms with E-state index in [2.05, 4.69) is 44.3 Å². The molecule has 0 radical (unpaired) electrons. The van der Waals surface area contributed by atoms with Gasteiger partial charge in [0.15, 0.2) is 0 Å². The lowest BCUT2D eigenvalue weighted by Crippen LogP contribution is -2.23. The van der Waals surface area contributed by atoms with Crippen molar-refractivity contribution in [3.05, 3.63) is 83.8 Å². The van der Waals surface area contributed by atoms with Gasteiger partial charge in [-0.15, -0.1) is 0 Å². The standard InChI is InChI=1S/C25H31NO3/c1-25(2,3)29-20-13-11-19(12-14-20)18-26-16-15-22(24-10-7-17-28-24)21-8-5-6-9-23(21)27-4/h5-14,17,22,26H,15-16,18H2,1-4H3/t22-/m1/s1. The average molecular weight is 394 g/mol. The Morgan fingerprint density at radius 3 is 2.38 bits per heavy atom. The van der Waals surface area contributed by atoms with Gasteiger partial charge in [-0.1, -0.05) is 30.3 Å². The zero-order valence-electron chi connectivity index (χ0n) is 17.8. The molecule has 4 nitrogen and oxygen atoms in total. The quantitative estimate of drug-likeness (QED) is 0.468. The molecular weight excluding hydrogens is 362 g/mol. The summed E-state index contributed by atoms with van der Waals surface area (Å²) in [5, 5.41) is 3.55. The molecule has 0 aliphatic rings. The fourth-order valence-electron chi connectivity index (χ4n) is 3.40. The molecule has 0 bridgehead atoms. The first-order valence-corrected chi connectivity index (χ1v) is 10.1. The van der Waals surface area contributed by atoms with E-state index in [1.807, 2.05) is 42.5 Å². The molecule has 1 atom stereocenters. The van der Waals surface area contributed by atoms with Gasteiger partial charge in [0.25, 0.3) is 0 Å². The number of furan rings is 1. The maximum absolute atomic E-state index is 5.88. The smallest absolute Gasteiger partial charge is 0.122 e. The predicted octanol–water partition coefficient (Wildman–Crippen LogP) is 5.78. The highest BCUT2D eigenvalue weighted by Crippen LogP contribution is 2.34. The predicted molar refractivity (Wildman–Crippen MR) is 117 cm³/mol. The van der Waals surface area contributed by atoms with Crippen LogP contribution in [0.4, 0.5) is 0 Å². The third kappa shape index (κ3) is 6.13. The zero-order valence-corrected chi connectivity index (χ0v) is 17.8. The summed E-state index contributed by atoms with van der Waals surface area (Å²) in [6.45, 7) is 7.84. The van der Waals surface area contributed by atoms with Gasteiger partial charge in [-0.25, -0.2) is 0 Å².